The van der Waals surface area contributed by atoms with E-state index in [-0.39, 0.29) is 9.76 Å². The fourth-order valence-corrected chi connectivity index (χ4v) is 0.510. The Morgan fingerprint density at radius 3 is 2.71 bits per heavy atom. The van der Waals surface area contributed by atoms with E-state index in [0.717, 1.165) is 6.61 Å². The van der Waals surface area contributed by atoms with Gasteiger partial charge in [-0.15, -0.1) is 0 Å². The van der Waals surface area contributed by atoms with Gasteiger partial charge in [-0.1, -0.05) is 6.55 Å². The van der Waals surface area contributed by atoms with Gasteiger partial charge in [-0.2, -0.15) is 0 Å². The topological polar surface area (TPSA) is 18.5 Å². The molecule has 0 unspecified atom stereocenters. The van der Waals surface area contributed by atoms with Crippen LogP contribution in [0.3, 0.4) is 0 Å². The molecule has 2 nitrogen and oxygen atoms in total. The molecule has 0 fully saturated rings. The SMILES string of the molecule is CCOCO[SiH2]C. The maximum Gasteiger partial charge on any atom is 0.161 e. The van der Waals surface area contributed by atoms with Gasteiger partial charge in [0.25, 0.3) is 0 Å². The number of ether oxygens (including phenoxy) is 1. The van der Waals surface area contributed by atoms with Gasteiger partial charge in [0.1, 0.15) is 6.79 Å². The third kappa shape index (κ3) is 6.14. The molecule has 0 aliphatic rings. The van der Waals surface area contributed by atoms with Crippen molar-refractivity contribution >= 4 is 9.76 Å². The maximum absolute atomic E-state index is 4.99. The van der Waals surface area contributed by atoms with E-state index in [1.54, 1.807) is 0 Å². The Bertz CT molecular complexity index is 28.9. The van der Waals surface area contributed by atoms with Gasteiger partial charge in [-0.3, -0.25) is 0 Å². The largest absolute Gasteiger partial charge is 0.402 e. The summed E-state index contributed by atoms with van der Waals surface area (Å²) < 4.78 is 9.88. The van der Waals surface area contributed by atoms with Crippen molar-refractivity contribution in [2.24, 2.45) is 0 Å². The summed E-state index contributed by atoms with van der Waals surface area (Å²) in [5, 5.41) is 0. The van der Waals surface area contributed by atoms with Crippen molar-refractivity contribution in [3.05, 3.63) is 0 Å². The Hall–Kier alpha value is 0.137. The molecular weight excluding hydrogens is 108 g/mol. The van der Waals surface area contributed by atoms with Crippen LogP contribution in [0, 0.1) is 0 Å². The molecule has 0 heterocycles. The minimum atomic E-state index is -0.231. The summed E-state index contributed by atoms with van der Waals surface area (Å²) in [7, 11) is -0.231. The highest BCUT2D eigenvalue weighted by Gasteiger charge is 1.76. The molecule has 0 saturated heterocycles. The maximum atomic E-state index is 4.99. The lowest BCUT2D eigenvalue weighted by Crippen LogP contribution is -1.99. The standard InChI is InChI=1S/C4H12O2Si/c1-3-5-4-6-7-2/h3-4,7H2,1-2H3. The van der Waals surface area contributed by atoms with E-state index in [1.807, 2.05) is 6.92 Å². The lowest BCUT2D eigenvalue weighted by molar-refractivity contribution is 0.0249. The molecular formula is C4H12O2Si. The first kappa shape index (κ1) is 7.14. The van der Waals surface area contributed by atoms with Crippen molar-refractivity contribution in [1.29, 1.82) is 0 Å². The second-order valence-electron chi connectivity index (χ2n) is 1.10. The van der Waals surface area contributed by atoms with Gasteiger partial charge >= 0.3 is 0 Å². The van der Waals surface area contributed by atoms with Crippen LogP contribution in [-0.2, 0) is 9.16 Å². The normalized spacial score (nSPS) is 11.1. The summed E-state index contributed by atoms with van der Waals surface area (Å²) in [4.78, 5) is 0. The fraction of sp³-hybridized carbons (Fsp3) is 1.00. The van der Waals surface area contributed by atoms with Crippen LogP contribution >= 0.6 is 0 Å². The fourth-order valence-electron chi connectivity index (χ4n) is 0.226. The molecule has 0 aromatic carbocycles. The Kier molecular flexibility index (Phi) is 6.26. The first-order valence-electron chi connectivity index (χ1n) is 2.57. The van der Waals surface area contributed by atoms with Crippen molar-refractivity contribution in [3.8, 4) is 0 Å². The molecule has 0 atom stereocenters. The molecule has 0 aromatic heterocycles. The van der Waals surface area contributed by atoms with Crippen LogP contribution in [0.15, 0.2) is 0 Å². The Morgan fingerprint density at radius 1 is 1.57 bits per heavy atom. The molecule has 0 N–H and O–H groups in total. The second-order valence-corrected chi connectivity index (χ2v) is 2.09. The third-order valence-electron chi connectivity index (χ3n) is 0.575. The van der Waals surface area contributed by atoms with Crippen molar-refractivity contribution < 1.29 is 9.16 Å². The van der Waals surface area contributed by atoms with E-state index in [0.29, 0.717) is 6.79 Å². The summed E-state index contributed by atoms with van der Waals surface area (Å²) in [5.74, 6) is 0. The van der Waals surface area contributed by atoms with Gasteiger partial charge in [0.15, 0.2) is 9.76 Å². The monoisotopic (exact) mass is 120 g/mol. The first-order chi connectivity index (χ1) is 3.41. The van der Waals surface area contributed by atoms with Crippen LogP contribution in [0.4, 0.5) is 0 Å². The Morgan fingerprint density at radius 2 is 2.29 bits per heavy atom. The van der Waals surface area contributed by atoms with Gasteiger partial charge < -0.3 is 9.16 Å². The summed E-state index contributed by atoms with van der Waals surface area (Å²) >= 11 is 0. The van der Waals surface area contributed by atoms with Crippen LogP contribution < -0.4 is 0 Å². The summed E-state index contributed by atoms with van der Waals surface area (Å²) in [6.45, 7) is 5.30. The molecule has 0 aliphatic carbocycles. The zero-order valence-electron chi connectivity index (χ0n) is 4.94. The van der Waals surface area contributed by atoms with Crippen LogP contribution in [-0.4, -0.2) is 23.2 Å². The average molecular weight is 120 g/mol. The van der Waals surface area contributed by atoms with Crippen molar-refractivity contribution in [2.45, 2.75) is 13.5 Å². The minimum absolute atomic E-state index is 0.231. The molecule has 44 valence electrons. The first-order valence-corrected chi connectivity index (χ1v) is 4.56. The molecule has 0 amide bonds. The number of rotatable bonds is 4. The minimum Gasteiger partial charge on any atom is -0.402 e. The molecule has 0 aliphatic heterocycles. The van der Waals surface area contributed by atoms with E-state index in [1.165, 1.54) is 0 Å². The van der Waals surface area contributed by atoms with Crippen LogP contribution in [0.5, 0.6) is 0 Å². The Balaban J connectivity index is 2.45. The molecule has 0 bridgehead atoms. The molecule has 0 radical (unpaired) electrons. The van der Waals surface area contributed by atoms with Crippen molar-refractivity contribution in [3.63, 3.8) is 0 Å². The van der Waals surface area contributed by atoms with Crippen molar-refractivity contribution in [1.82, 2.24) is 0 Å². The molecule has 0 saturated carbocycles. The molecule has 0 spiro atoms. The van der Waals surface area contributed by atoms with Crippen LogP contribution in [0.2, 0.25) is 6.55 Å². The van der Waals surface area contributed by atoms with Crippen LogP contribution in [0.25, 0.3) is 0 Å². The van der Waals surface area contributed by atoms with E-state index in [4.69, 9.17) is 9.16 Å². The van der Waals surface area contributed by atoms with Gasteiger partial charge in [-0.25, -0.2) is 0 Å². The predicted molar refractivity (Wildman–Crippen MR) is 32.0 cm³/mol. The average Bonchev–Trinajstić information content (AvgIpc) is 1.69. The van der Waals surface area contributed by atoms with E-state index < -0.39 is 0 Å². The number of hydrogen-bond donors (Lipinski definition) is 0. The van der Waals surface area contributed by atoms with Crippen LogP contribution in [0.1, 0.15) is 6.92 Å². The van der Waals surface area contributed by atoms with E-state index in [2.05, 4.69) is 6.55 Å². The summed E-state index contributed by atoms with van der Waals surface area (Å²) in [5.41, 5.74) is 0. The lowest BCUT2D eigenvalue weighted by Gasteiger charge is -1.97. The van der Waals surface area contributed by atoms with Gasteiger partial charge in [0, 0.05) is 6.61 Å². The predicted octanol–water partition coefficient (Wildman–Crippen LogP) is 0.129. The van der Waals surface area contributed by atoms with E-state index >= 15 is 0 Å². The summed E-state index contributed by atoms with van der Waals surface area (Å²) in [6.07, 6.45) is 0. The highest BCUT2D eigenvalue weighted by molar-refractivity contribution is 6.24. The summed E-state index contributed by atoms with van der Waals surface area (Å²) in [6, 6.07) is 0. The van der Waals surface area contributed by atoms with Gasteiger partial charge in [0.05, 0.1) is 0 Å². The second kappa shape index (κ2) is 6.14. The molecule has 3 heteroatoms. The van der Waals surface area contributed by atoms with E-state index in [9.17, 15) is 0 Å². The molecule has 0 aromatic rings. The molecule has 0 rings (SSSR count). The smallest absolute Gasteiger partial charge is 0.161 e. The zero-order valence-corrected chi connectivity index (χ0v) is 6.35. The third-order valence-corrected chi connectivity index (χ3v) is 1.15. The molecule has 7 heavy (non-hydrogen) atoms. The van der Waals surface area contributed by atoms with Crippen molar-refractivity contribution in [2.75, 3.05) is 13.4 Å². The number of hydrogen-bond acceptors (Lipinski definition) is 2. The zero-order chi connectivity index (χ0) is 5.54. The highest BCUT2D eigenvalue weighted by Crippen LogP contribution is 1.72. The van der Waals surface area contributed by atoms with Gasteiger partial charge in [0.2, 0.25) is 0 Å². The highest BCUT2D eigenvalue weighted by atomic mass is 28.2. The van der Waals surface area contributed by atoms with Gasteiger partial charge in [-0.05, 0) is 6.92 Å². The Labute approximate surface area is 46.8 Å². The quantitative estimate of drug-likeness (QED) is 0.298. The lowest BCUT2D eigenvalue weighted by atomic mass is 10.9.